The number of nitrogens with one attached hydrogen (secondary N) is 2. The minimum absolute atomic E-state index is 0.150. The third kappa shape index (κ3) is 5.44. The first kappa shape index (κ1) is 19.2. The molecule has 144 valence electrons. The fourth-order valence-electron chi connectivity index (χ4n) is 3.01. The topological polar surface area (TPSA) is 60.5 Å². The number of hydrogen-bond donors (Lipinski definition) is 2. The molecule has 1 aromatic carbocycles. The SMILES string of the molecule is CC(C)CNc1cncc(C(=O)Nc2ccc(N3CCN(C)CC3)cc2)c1. The molecule has 27 heavy (non-hydrogen) atoms. The Kier molecular flexibility index (Phi) is 6.29. The number of hydrogen-bond acceptors (Lipinski definition) is 5. The van der Waals surface area contributed by atoms with E-state index in [0.717, 1.165) is 44.1 Å². The summed E-state index contributed by atoms with van der Waals surface area (Å²) < 4.78 is 0. The maximum atomic E-state index is 12.5. The van der Waals surface area contributed by atoms with Gasteiger partial charge in [0.05, 0.1) is 11.3 Å². The van der Waals surface area contributed by atoms with Crippen molar-refractivity contribution < 1.29 is 4.79 Å². The highest BCUT2D eigenvalue weighted by Crippen LogP contribution is 2.20. The number of rotatable bonds is 6. The fourth-order valence-corrected chi connectivity index (χ4v) is 3.01. The van der Waals surface area contributed by atoms with Gasteiger partial charge in [-0.25, -0.2) is 0 Å². The lowest BCUT2D eigenvalue weighted by molar-refractivity contribution is 0.102. The highest BCUT2D eigenvalue weighted by molar-refractivity contribution is 6.04. The van der Waals surface area contributed by atoms with E-state index in [1.54, 1.807) is 12.4 Å². The van der Waals surface area contributed by atoms with Gasteiger partial charge in [0, 0.05) is 56.5 Å². The second-order valence-corrected chi connectivity index (χ2v) is 7.53. The molecule has 0 unspecified atom stereocenters. The molecule has 3 rings (SSSR count). The largest absolute Gasteiger partial charge is 0.384 e. The highest BCUT2D eigenvalue weighted by atomic mass is 16.1. The van der Waals surface area contributed by atoms with Gasteiger partial charge in [-0.1, -0.05) is 13.8 Å². The average molecular weight is 367 g/mol. The van der Waals surface area contributed by atoms with Gasteiger partial charge in [0.2, 0.25) is 0 Å². The molecule has 2 heterocycles. The Morgan fingerprint density at radius 3 is 2.44 bits per heavy atom. The second-order valence-electron chi connectivity index (χ2n) is 7.53. The van der Waals surface area contributed by atoms with Gasteiger partial charge in [0.25, 0.3) is 5.91 Å². The Morgan fingerprint density at radius 2 is 1.78 bits per heavy atom. The third-order valence-corrected chi connectivity index (χ3v) is 4.71. The van der Waals surface area contributed by atoms with Crippen LogP contribution in [0.4, 0.5) is 17.1 Å². The van der Waals surface area contributed by atoms with Crippen LogP contribution in [0.15, 0.2) is 42.7 Å². The number of nitrogens with zero attached hydrogens (tertiary/aromatic N) is 3. The van der Waals surface area contributed by atoms with Crippen molar-refractivity contribution in [3.8, 4) is 0 Å². The molecule has 0 bridgehead atoms. The summed E-state index contributed by atoms with van der Waals surface area (Å²) in [6, 6.07) is 9.89. The number of anilines is 3. The van der Waals surface area contributed by atoms with Crippen molar-refractivity contribution in [1.29, 1.82) is 0 Å². The Hall–Kier alpha value is -2.60. The smallest absolute Gasteiger partial charge is 0.257 e. The van der Waals surface area contributed by atoms with Crippen molar-refractivity contribution in [2.45, 2.75) is 13.8 Å². The van der Waals surface area contributed by atoms with Crippen LogP contribution in [0.25, 0.3) is 0 Å². The maximum absolute atomic E-state index is 12.5. The molecule has 2 N–H and O–H groups in total. The van der Waals surface area contributed by atoms with E-state index in [1.807, 2.05) is 18.2 Å². The molecule has 1 fully saturated rings. The zero-order valence-corrected chi connectivity index (χ0v) is 16.4. The molecule has 1 amide bonds. The van der Waals surface area contributed by atoms with Crippen LogP contribution < -0.4 is 15.5 Å². The Balaban J connectivity index is 1.60. The van der Waals surface area contributed by atoms with E-state index in [1.165, 1.54) is 5.69 Å². The summed E-state index contributed by atoms with van der Waals surface area (Å²) in [5.74, 6) is 0.379. The van der Waals surface area contributed by atoms with Crippen molar-refractivity contribution in [1.82, 2.24) is 9.88 Å². The molecule has 0 atom stereocenters. The van der Waals surface area contributed by atoms with Gasteiger partial charge in [-0.3, -0.25) is 9.78 Å². The monoisotopic (exact) mass is 367 g/mol. The van der Waals surface area contributed by atoms with Gasteiger partial charge in [-0.05, 0) is 43.3 Å². The number of carbonyl (C=O) groups is 1. The van der Waals surface area contributed by atoms with E-state index in [9.17, 15) is 4.79 Å². The predicted molar refractivity (Wildman–Crippen MR) is 112 cm³/mol. The number of piperazine rings is 1. The van der Waals surface area contributed by atoms with Crippen LogP contribution in [0.1, 0.15) is 24.2 Å². The average Bonchev–Trinajstić information content (AvgIpc) is 2.68. The number of carbonyl (C=O) groups excluding carboxylic acids is 1. The summed E-state index contributed by atoms with van der Waals surface area (Å²) in [5, 5.41) is 6.25. The van der Waals surface area contributed by atoms with Gasteiger partial charge in [-0.15, -0.1) is 0 Å². The van der Waals surface area contributed by atoms with Crippen LogP contribution in [-0.2, 0) is 0 Å². The third-order valence-electron chi connectivity index (χ3n) is 4.71. The summed E-state index contributed by atoms with van der Waals surface area (Å²) in [6.45, 7) is 9.35. The quantitative estimate of drug-likeness (QED) is 0.821. The molecular formula is C21H29N5O. The van der Waals surface area contributed by atoms with Crippen LogP contribution >= 0.6 is 0 Å². The summed E-state index contributed by atoms with van der Waals surface area (Å²) in [5.41, 5.74) is 3.40. The first-order valence-electron chi connectivity index (χ1n) is 9.55. The molecule has 0 saturated carbocycles. The van der Waals surface area contributed by atoms with Crippen molar-refractivity contribution >= 4 is 23.0 Å². The van der Waals surface area contributed by atoms with E-state index in [0.29, 0.717) is 11.5 Å². The van der Waals surface area contributed by atoms with Gasteiger partial charge in [0.1, 0.15) is 0 Å². The molecule has 1 aromatic heterocycles. The Labute approximate surface area is 161 Å². The van der Waals surface area contributed by atoms with Crippen molar-refractivity contribution in [2.24, 2.45) is 5.92 Å². The number of likely N-dealkylation sites (N-methyl/N-ethyl adjacent to an activating group) is 1. The van der Waals surface area contributed by atoms with Gasteiger partial charge in [-0.2, -0.15) is 0 Å². The van der Waals surface area contributed by atoms with Crippen LogP contribution in [-0.4, -0.2) is 55.6 Å². The minimum Gasteiger partial charge on any atom is -0.384 e. The normalized spacial score (nSPS) is 15.0. The van der Waals surface area contributed by atoms with E-state index in [2.05, 4.69) is 58.4 Å². The molecule has 1 aliphatic heterocycles. The first-order chi connectivity index (χ1) is 13.0. The molecule has 0 aliphatic carbocycles. The lowest BCUT2D eigenvalue weighted by atomic mass is 10.2. The van der Waals surface area contributed by atoms with Crippen LogP contribution in [0.3, 0.4) is 0 Å². The van der Waals surface area contributed by atoms with Crippen LogP contribution in [0.5, 0.6) is 0 Å². The maximum Gasteiger partial charge on any atom is 0.257 e. The molecule has 2 aromatic rings. The van der Waals surface area contributed by atoms with Crippen molar-refractivity contribution in [3.63, 3.8) is 0 Å². The Morgan fingerprint density at radius 1 is 1.07 bits per heavy atom. The van der Waals surface area contributed by atoms with Crippen molar-refractivity contribution in [2.75, 3.05) is 55.3 Å². The molecule has 0 spiro atoms. The van der Waals surface area contributed by atoms with Gasteiger partial charge < -0.3 is 20.4 Å². The highest BCUT2D eigenvalue weighted by Gasteiger charge is 2.14. The standard InChI is InChI=1S/C21H29N5O/c1-16(2)13-23-19-12-17(14-22-15-19)21(27)24-18-4-6-20(7-5-18)26-10-8-25(3)9-11-26/h4-7,12,14-16,23H,8-11,13H2,1-3H3,(H,24,27). The lowest BCUT2D eigenvalue weighted by Gasteiger charge is -2.34. The summed E-state index contributed by atoms with van der Waals surface area (Å²) in [7, 11) is 2.15. The summed E-state index contributed by atoms with van der Waals surface area (Å²) in [6.07, 6.45) is 3.33. The van der Waals surface area contributed by atoms with E-state index >= 15 is 0 Å². The predicted octanol–water partition coefficient (Wildman–Crippen LogP) is 3.15. The van der Waals surface area contributed by atoms with Gasteiger partial charge in [0.15, 0.2) is 0 Å². The molecular weight excluding hydrogens is 338 g/mol. The molecule has 6 heteroatoms. The molecule has 6 nitrogen and oxygen atoms in total. The van der Waals surface area contributed by atoms with Gasteiger partial charge >= 0.3 is 0 Å². The van der Waals surface area contributed by atoms with E-state index < -0.39 is 0 Å². The fraction of sp³-hybridized carbons (Fsp3) is 0.429. The molecule has 1 saturated heterocycles. The Bertz CT molecular complexity index is 751. The lowest BCUT2D eigenvalue weighted by Crippen LogP contribution is -2.44. The summed E-state index contributed by atoms with van der Waals surface area (Å²) >= 11 is 0. The van der Waals surface area contributed by atoms with Crippen LogP contribution in [0.2, 0.25) is 0 Å². The second kappa shape index (κ2) is 8.86. The molecule has 1 aliphatic rings. The van der Waals surface area contributed by atoms with Crippen LogP contribution in [0, 0.1) is 5.92 Å². The van der Waals surface area contributed by atoms with E-state index in [4.69, 9.17) is 0 Å². The van der Waals surface area contributed by atoms with Crippen molar-refractivity contribution in [3.05, 3.63) is 48.3 Å². The number of pyridine rings is 1. The first-order valence-corrected chi connectivity index (χ1v) is 9.55. The number of amides is 1. The van der Waals surface area contributed by atoms with E-state index in [-0.39, 0.29) is 5.91 Å². The number of aromatic nitrogens is 1. The zero-order valence-electron chi connectivity index (χ0n) is 16.4. The zero-order chi connectivity index (χ0) is 19.2. The minimum atomic E-state index is -0.150. The molecule has 0 radical (unpaired) electrons. The number of benzene rings is 1. The summed E-state index contributed by atoms with van der Waals surface area (Å²) in [4.78, 5) is 21.4.